The highest BCUT2D eigenvalue weighted by Gasteiger charge is 2.30. The van der Waals surface area contributed by atoms with Gasteiger partial charge in [-0.25, -0.2) is 9.13 Å². The van der Waals surface area contributed by atoms with Crippen LogP contribution in [0.1, 0.15) is 458 Å². The van der Waals surface area contributed by atoms with Crippen molar-refractivity contribution < 1.29 is 80.2 Å². The Labute approximate surface area is 638 Å². The predicted octanol–water partition coefficient (Wildman–Crippen LogP) is 26.0. The van der Waals surface area contributed by atoms with Gasteiger partial charge in [0.05, 0.1) is 26.4 Å². The summed E-state index contributed by atoms with van der Waals surface area (Å²) in [6.07, 6.45) is 71.1. The lowest BCUT2D eigenvalue weighted by Crippen LogP contribution is -2.30. The van der Waals surface area contributed by atoms with Crippen LogP contribution in [0.5, 0.6) is 0 Å². The molecule has 0 aromatic rings. The van der Waals surface area contributed by atoms with E-state index in [4.69, 9.17) is 37.0 Å². The third-order valence-corrected chi connectivity index (χ3v) is 21.9. The SMILES string of the molecule is CCCCCCCCCCCCCCCCCCCCCCC(=O)O[C@H](COC(=O)CCCCCCCCCCCCCCCCCCC(C)C)COP(=O)(O)OC[C@@H](O)COP(=O)(O)OC[C@@H](COC(=O)CCCCCCCCC)OC(=O)CCCCCCCCCCCCCCCCCCCC. The highest BCUT2D eigenvalue weighted by Crippen LogP contribution is 2.45. The maximum Gasteiger partial charge on any atom is 0.472 e. The molecule has 0 rings (SSSR count). The number of hydrogen-bond donors (Lipinski definition) is 3. The molecular weight excluding hydrogens is 1350 g/mol. The maximum absolute atomic E-state index is 13.1. The number of unbranched alkanes of at least 4 members (excludes halogenated alkanes) is 57. The number of phosphoric ester groups is 2. The summed E-state index contributed by atoms with van der Waals surface area (Å²) in [5, 5.41) is 10.7. The van der Waals surface area contributed by atoms with Crippen molar-refractivity contribution in [2.24, 2.45) is 5.92 Å². The summed E-state index contributed by atoms with van der Waals surface area (Å²) in [4.78, 5) is 73.0. The highest BCUT2D eigenvalue weighted by molar-refractivity contribution is 7.47. The molecule has 0 aliphatic rings. The smallest absolute Gasteiger partial charge is 0.462 e. The van der Waals surface area contributed by atoms with Crippen LogP contribution in [0.4, 0.5) is 0 Å². The fourth-order valence-electron chi connectivity index (χ4n) is 13.3. The molecule has 0 radical (unpaired) electrons. The molecule has 104 heavy (non-hydrogen) atoms. The highest BCUT2D eigenvalue weighted by atomic mass is 31.2. The first-order chi connectivity index (χ1) is 50.5. The Bertz CT molecular complexity index is 1980. The van der Waals surface area contributed by atoms with Crippen molar-refractivity contribution in [3.05, 3.63) is 0 Å². The number of carbonyl (C=O) groups excluding carboxylic acids is 4. The molecule has 0 fully saturated rings. The molecule has 19 heteroatoms. The monoisotopic (exact) mass is 1520 g/mol. The Morgan fingerprint density at radius 3 is 0.654 bits per heavy atom. The average Bonchev–Trinajstić information content (AvgIpc) is 0.950. The second-order valence-electron chi connectivity index (χ2n) is 31.1. The Kier molecular flexibility index (Phi) is 76.3. The zero-order chi connectivity index (χ0) is 76.2. The van der Waals surface area contributed by atoms with E-state index in [0.717, 1.165) is 109 Å². The van der Waals surface area contributed by atoms with Crippen LogP contribution in [0.25, 0.3) is 0 Å². The summed E-state index contributed by atoms with van der Waals surface area (Å²) in [5.41, 5.74) is 0. The van der Waals surface area contributed by atoms with Crippen molar-refractivity contribution in [3.8, 4) is 0 Å². The van der Waals surface area contributed by atoms with Crippen LogP contribution < -0.4 is 0 Å². The zero-order valence-electron chi connectivity index (χ0n) is 68.2. The second kappa shape index (κ2) is 77.8. The first-order valence-corrected chi connectivity index (χ1v) is 47.1. The van der Waals surface area contributed by atoms with E-state index < -0.39 is 97.5 Å². The lowest BCUT2D eigenvalue weighted by atomic mass is 10.0. The fourth-order valence-corrected chi connectivity index (χ4v) is 14.9. The summed E-state index contributed by atoms with van der Waals surface area (Å²) in [7, 11) is -9.92. The van der Waals surface area contributed by atoms with Gasteiger partial charge in [0.25, 0.3) is 0 Å². The Morgan fingerprint density at radius 2 is 0.442 bits per heavy atom. The first kappa shape index (κ1) is 102. The van der Waals surface area contributed by atoms with Crippen molar-refractivity contribution in [1.29, 1.82) is 0 Å². The van der Waals surface area contributed by atoms with E-state index in [0.29, 0.717) is 25.7 Å². The second-order valence-corrected chi connectivity index (χ2v) is 34.0. The van der Waals surface area contributed by atoms with Gasteiger partial charge in [-0.3, -0.25) is 37.3 Å². The molecule has 5 atom stereocenters. The van der Waals surface area contributed by atoms with E-state index in [1.54, 1.807) is 0 Å². The molecule has 0 saturated heterocycles. The van der Waals surface area contributed by atoms with Gasteiger partial charge in [0.1, 0.15) is 19.3 Å². The van der Waals surface area contributed by atoms with Crippen LogP contribution in [0.2, 0.25) is 0 Å². The molecule has 0 saturated carbocycles. The lowest BCUT2D eigenvalue weighted by Gasteiger charge is -2.21. The number of aliphatic hydroxyl groups excluding tert-OH is 1. The van der Waals surface area contributed by atoms with Gasteiger partial charge in [-0.2, -0.15) is 0 Å². The quantitative estimate of drug-likeness (QED) is 0.0222. The van der Waals surface area contributed by atoms with Gasteiger partial charge < -0.3 is 33.8 Å². The number of ether oxygens (including phenoxy) is 4. The third-order valence-electron chi connectivity index (χ3n) is 20.0. The van der Waals surface area contributed by atoms with Crippen LogP contribution in [0.3, 0.4) is 0 Å². The number of rotatable bonds is 85. The van der Waals surface area contributed by atoms with Gasteiger partial charge >= 0.3 is 39.5 Å². The molecule has 0 aliphatic heterocycles. The van der Waals surface area contributed by atoms with Gasteiger partial charge in [-0.15, -0.1) is 0 Å². The molecule has 0 aliphatic carbocycles. The van der Waals surface area contributed by atoms with Crippen molar-refractivity contribution in [2.75, 3.05) is 39.6 Å². The van der Waals surface area contributed by atoms with Crippen LogP contribution in [0.15, 0.2) is 0 Å². The van der Waals surface area contributed by atoms with Gasteiger partial charge in [-0.1, -0.05) is 407 Å². The minimum absolute atomic E-state index is 0.109. The van der Waals surface area contributed by atoms with E-state index in [2.05, 4.69) is 34.6 Å². The van der Waals surface area contributed by atoms with E-state index in [1.165, 1.54) is 270 Å². The molecule has 3 N–H and O–H groups in total. The van der Waals surface area contributed by atoms with Gasteiger partial charge in [0.15, 0.2) is 12.2 Å². The van der Waals surface area contributed by atoms with E-state index in [1.807, 2.05) is 0 Å². The van der Waals surface area contributed by atoms with Crippen LogP contribution >= 0.6 is 15.6 Å². The van der Waals surface area contributed by atoms with Crippen molar-refractivity contribution in [2.45, 2.75) is 477 Å². The summed E-state index contributed by atoms with van der Waals surface area (Å²) >= 11 is 0. The number of hydrogen-bond acceptors (Lipinski definition) is 15. The van der Waals surface area contributed by atoms with Crippen molar-refractivity contribution in [1.82, 2.24) is 0 Å². The summed E-state index contributed by atoms with van der Waals surface area (Å²) in [5.74, 6) is -1.29. The Balaban J connectivity index is 5.16. The molecule has 0 aromatic heterocycles. The third kappa shape index (κ3) is 78.2. The van der Waals surface area contributed by atoms with E-state index in [-0.39, 0.29) is 25.7 Å². The molecule has 0 spiro atoms. The summed E-state index contributed by atoms with van der Waals surface area (Å²) in [6, 6.07) is 0. The van der Waals surface area contributed by atoms with Crippen LogP contribution in [-0.4, -0.2) is 96.7 Å². The average molecular weight is 1520 g/mol. The molecular formula is C85H166O17P2. The molecule has 0 bridgehead atoms. The molecule has 17 nitrogen and oxygen atoms in total. The fraction of sp³-hybridized carbons (Fsp3) is 0.953. The molecule has 2 unspecified atom stereocenters. The largest absolute Gasteiger partial charge is 0.472 e. The van der Waals surface area contributed by atoms with Crippen LogP contribution in [0, 0.1) is 5.92 Å². The maximum atomic E-state index is 13.1. The zero-order valence-corrected chi connectivity index (χ0v) is 70.0. The van der Waals surface area contributed by atoms with E-state index >= 15 is 0 Å². The number of aliphatic hydroxyl groups is 1. The Hall–Kier alpha value is -1.94. The van der Waals surface area contributed by atoms with Gasteiger partial charge in [0.2, 0.25) is 0 Å². The normalized spacial score (nSPS) is 13.8. The van der Waals surface area contributed by atoms with E-state index in [9.17, 15) is 43.2 Å². The van der Waals surface area contributed by atoms with Gasteiger partial charge in [0, 0.05) is 25.7 Å². The molecule has 0 aromatic carbocycles. The molecule has 618 valence electrons. The minimum Gasteiger partial charge on any atom is -0.462 e. The molecule has 0 heterocycles. The summed E-state index contributed by atoms with van der Waals surface area (Å²) < 4.78 is 68.7. The minimum atomic E-state index is -4.96. The topological polar surface area (TPSA) is 237 Å². The lowest BCUT2D eigenvalue weighted by molar-refractivity contribution is -0.161. The predicted molar refractivity (Wildman–Crippen MR) is 428 cm³/mol. The number of phosphoric acid groups is 2. The molecule has 0 amide bonds. The Morgan fingerprint density at radius 1 is 0.260 bits per heavy atom. The van der Waals surface area contributed by atoms with Gasteiger partial charge in [-0.05, 0) is 31.6 Å². The standard InChI is InChI=1S/C85H166O17P2/c1-6-9-12-15-18-20-22-24-26-28-30-31-33-39-43-47-51-56-61-66-71-85(90)102-81(75-96-83(88)69-64-59-54-49-45-41-37-35-34-36-40-44-48-53-57-62-67-78(4)5)77-100-104(93,94)98-73-79(86)72-97-103(91,92)99-76-80(74-95-82(87)68-63-58-52-17-14-11-8-3)101-84(89)70-65-60-55-50-46-42-38-32-29-27-25-23-21-19-16-13-10-7-2/h78-81,86H,6-77H2,1-5H3,(H,91,92)(H,93,94)/t79-,80+,81+/m0/s1. The van der Waals surface area contributed by atoms with Crippen molar-refractivity contribution in [3.63, 3.8) is 0 Å². The number of esters is 4. The van der Waals surface area contributed by atoms with Crippen LogP contribution in [-0.2, 0) is 65.4 Å². The summed E-state index contributed by atoms with van der Waals surface area (Å²) in [6.45, 7) is 7.35. The number of carbonyl (C=O) groups is 4. The van der Waals surface area contributed by atoms with Crippen molar-refractivity contribution >= 4 is 39.5 Å². The first-order valence-electron chi connectivity index (χ1n) is 44.1.